The van der Waals surface area contributed by atoms with E-state index >= 15 is 0 Å². The molecule has 0 aliphatic carbocycles. The fourth-order valence-electron chi connectivity index (χ4n) is 0.764. The summed E-state index contributed by atoms with van der Waals surface area (Å²) in [6.07, 6.45) is 4.58. The Morgan fingerprint density at radius 1 is 1.36 bits per heavy atom. The van der Waals surface area contributed by atoms with Crippen molar-refractivity contribution in [1.82, 2.24) is 0 Å². The largest absolute Gasteiger partial charge is 0.319 e. The van der Waals surface area contributed by atoms with Crippen LogP contribution in [0.15, 0.2) is 11.9 Å². The quantitative estimate of drug-likeness (QED) is 0.528. The Balaban J connectivity index is 3.97. The molecular formula is C8H16BrOP. The average molecular weight is 239 g/mol. The predicted octanol–water partition coefficient (Wildman–Crippen LogP) is 3.69. The predicted molar refractivity (Wildman–Crippen MR) is 56.2 cm³/mol. The molecule has 0 bridgehead atoms. The normalized spacial score (nSPS) is 12.6. The number of rotatable bonds is 5. The van der Waals surface area contributed by atoms with Gasteiger partial charge >= 0.3 is 0 Å². The Bertz CT molecular complexity index is 157. The first-order valence-electron chi connectivity index (χ1n) is 4.00. The van der Waals surface area contributed by atoms with Gasteiger partial charge in [-0.05, 0) is 12.2 Å². The minimum absolute atomic E-state index is 0.794. The van der Waals surface area contributed by atoms with Crippen molar-refractivity contribution in [3.63, 3.8) is 0 Å². The zero-order valence-corrected chi connectivity index (χ0v) is 9.70. The average Bonchev–Trinajstić information content (AvgIpc) is 2.05. The van der Waals surface area contributed by atoms with Gasteiger partial charge < -0.3 is 4.57 Å². The first kappa shape index (κ1) is 11.4. The molecule has 0 unspecified atom stereocenters. The maximum Gasteiger partial charge on any atom is 0.107 e. The monoisotopic (exact) mass is 238 g/mol. The molecule has 0 aromatic heterocycles. The van der Waals surface area contributed by atoms with Gasteiger partial charge in [0, 0.05) is 17.7 Å². The molecule has 0 radical (unpaired) electrons. The fourth-order valence-corrected chi connectivity index (χ4v) is 2.43. The second-order valence-corrected chi connectivity index (χ2v) is 6.71. The SMILES string of the molecule is CCP(=O)(/C=C/CCBr)CC. The Morgan fingerprint density at radius 2 is 1.91 bits per heavy atom. The topological polar surface area (TPSA) is 17.1 Å². The highest BCUT2D eigenvalue weighted by Crippen LogP contribution is 2.46. The van der Waals surface area contributed by atoms with Crippen LogP contribution in [0.4, 0.5) is 0 Å². The highest BCUT2D eigenvalue weighted by Gasteiger charge is 2.10. The molecule has 0 spiro atoms. The summed E-state index contributed by atoms with van der Waals surface area (Å²) in [4.78, 5) is 0. The molecular weight excluding hydrogens is 223 g/mol. The fraction of sp³-hybridized carbons (Fsp3) is 0.750. The van der Waals surface area contributed by atoms with Gasteiger partial charge in [0.25, 0.3) is 0 Å². The van der Waals surface area contributed by atoms with Gasteiger partial charge in [-0.3, -0.25) is 0 Å². The summed E-state index contributed by atoms with van der Waals surface area (Å²) in [6, 6.07) is 0. The molecule has 0 saturated carbocycles. The zero-order chi connectivity index (χ0) is 8.74. The van der Waals surface area contributed by atoms with Crippen LogP contribution in [-0.4, -0.2) is 17.7 Å². The first-order chi connectivity index (χ1) is 5.18. The number of alkyl halides is 1. The van der Waals surface area contributed by atoms with Gasteiger partial charge in [0.05, 0.1) is 0 Å². The van der Waals surface area contributed by atoms with Crippen LogP contribution in [0.1, 0.15) is 20.3 Å². The maximum atomic E-state index is 11.7. The third-order valence-electron chi connectivity index (χ3n) is 1.72. The van der Waals surface area contributed by atoms with Gasteiger partial charge in [-0.25, -0.2) is 0 Å². The standard InChI is InChI=1S/C8H16BrOP/c1-3-11(10,4-2)8-6-5-7-9/h6,8H,3-5,7H2,1-2H3/b8-6+. The van der Waals surface area contributed by atoms with E-state index in [1.807, 2.05) is 25.7 Å². The number of hydrogen-bond acceptors (Lipinski definition) is 1. The molecule has 0 fully saturated rings. The van der Waals surface area contributed by atoms with E-state index in [4.69, 9.17) is 0 Å². The molecule has 0 rings (SSSR count). The second-order valence-electron chi connectivity index (χ2n) is 2.45. The lowest BCUT2D eigenvalue weighted by Crippen LogP contribution is -1.84. The lowest BCUT2D eigenvalue weighted by atomic mass is 10.5. The van der Waals surface area contributed by atoms with Gasteiger partial charge in [-0.2, -0.15) is 0 Å². The molecule has 66 valence electrons. The molecule has 0 amide bonds. The summed E-state index contributed by atoms with van der Waals surface area (Å²) in [5, 5.41) is 0.955. The number of hydrogen-bond donors (Lipinski definition) is 0. The van der Waals surface area contributed by atoms with Gasteiger partial charge in [0.15, 0.2) is 0 Å². The molecule has 0 saturated heterocycles. The van der Waals surface area contributed by atoms with E-state index in [1.54, 1.807) is 0 Å². The Hall–Kier alpha value is 0.450. The summed E-state index contributed by atoms with van der Waals surface area (Å²) in [7, 11) is -1.91. The molecule has 0 atom stereocenters. The van der Waals surface area contributed by atoms with Crippen molar-refractivity contribution >= 4 is 23.1 Å². The van der Waals surface area contributed by atoms with E-state index in [2.05, 4.69) is 15.9 Å². The molecule has 0 heterocycles. The smallest absolute Gasteiger partial charge is 0.107 e. The van der Waals surface area contributed by atoms with E-state index in [-0.39, 0.29) is 0 Å². The van der Waals surface area contributed by atoms with Crippen LogP contribution in [0, 0.1) is 0 Å². The third-order valence-corrected chi connectivity index (χ3v) is 5.08. The first-order valence-corrected chi connectivity index (χ1v) is 7.26. The van der Waals surface area contributed by atoms with E-state index in [0.717, 1.165) is 24.1 Å². The summed E-state index contributed by atoms with van der Waals surface area (Å²) < 4.78 is 11.7. The molecule has 0 aliphatic rings. The Kier molecular flexibility index (Phi) is 6.27. The molecule has 0 aromatic rings. The number of allylic oxidation sites excluding steroid dienone is 1. The summed E-state index contributed by atoms with van der Waals surface area (Å²) in [5.41, 5.74) is 0. The van der Waals surface area contributed by atoms with E-state index in [9.17, 15) is 4.57 Å². The van der Waals surface area contributed by atoms with Crippen LogP contribution in [0.25, 0.3) is 0 Å². The van der Waals surface area contributed by atoms with Crippen molar-refractivity contribution < 1.29 is 4.57 Å². The van der Waals surface area contributed by atoms with Crippen molar-refractivity contribution in [3.8, 4) is 0 Å². The zero-order valence-electron chi connectivity index (χ0n) is 7.22. The van der Waals surface area contributed by atoms with E-state index < -0.39 is 7.14 Å². The van der Waals surface area contributed by atoms with Gasteiger partial charge in [-0.1, -0.05) is 35.9 Å². The van der Waals surface area contributed by atoms with Crippen LogP contribution in [-0.2, 0) is 4.57 Å². The molecule has 1 nitrogen and oxygen atoms in total. The van der Waals surface area contributed by atoms with Gasteiger partial charge in [0.2, 0.25) is 0 Å². The summed E-state index contributed by atoms with van der Waals surface area (Å²) in [5.74, 6) is 1.91. The minimum atomic E-state index is -1.91. The Morgan fingerprint density at radius 3 is 2.27 bits per heavy atom. The third kappa shape index (κ3) is 4.81. The van der Waals surface area contributed by atoms with Crippen LogP contribution >= 0.6 is 23.1 Å². The molecule has 3 heteroatoms. The van der Waals surface area contributed by atoms with E-state index in [0.29, 0.717) is 0 Å². The molecule has 0 N–H and O–H groups in total. The van der Waals surface area contributed by atoms with Crippen molar-refractivity contribution in [1.29, 1.82) is 0 Å². The maximum absolute atomic E-state index is 11.7. The van der Waals surface area contributed by atoms with Gasteiger partial charge in [0.1, 0.15) is 7.14 Å². The summed E-state index contributed by atoms with van der Waals surface area (Å²) in [6.45, 7) is 3.98. The highest BCUT2D eigenvalue weighted by molar-refractivity contribution is 9.09. The lowest BCUT2D eigenvalue weighted by Gasteiger charge is -2.06. The summed E-state index contributed by atoms with van der Waals surface area (Å²) >= 11 is 3.32. The molecule has 11 heavy (non-hydrogen) atoms. The van der Waals surface area contributed by atoms with Crippen LogP contribution < -0.4 is 0 Å². The molecule has 0 aliphatic heterocycles. The van der Waals surface area contributed by atoms with Crippen molar-refractivity contribution in [3.05, 3.63) is 11.9 Å². The van der Waals surface area contributed by atoms with Crippen molar-refractivity contribution in [2.75, 3.05) is 17.7 Å². The van der Waals surface area contributed by atoms with Crippen LogP contribution in [0.2, 0.25) is 0 Å². The molecule has 0 aromatic carbocycles. The van der Waals surface area contributed by atoms with Crippen molar-refractivity contribution in [2.45, 2.75) is 20.3 Å². The van der Waals surface area contributed by atoms with Crippen molar-refractivity contribution in [2.24, 2.45) is 0 Å². The van der Waals surface area contributed by atoms with E-state index in [1.165, 1.54) is 0 Å². The lowest BCUT2D eigenvalue weighted by molar-refractivity contribution is 0.582. The van der Waals surface area contributed by atoms with Crippen LogP contribution in [0.5, 0.6) is 0 Å². The van der Waals surface area contributed by atoms with Gasteiger partial charge in [-0.15, -0.1) is 0 Å². The Labute approximate surface area is 77.8 Å². The minimum Gasteiger partial charge on any atom is -0.319 e. The second kappa shape index (κ2) is 6.02. The van der Waals surface area contributed by atoms with Crippen LogP contribution in [0.3, 0.4) is 0 Å². The highest BCUT2D eigenvalue weighted by atomic mass is 79.9. The number of halogens is 1.